The van der Waals surface area contributed by atoms with Gasteiger partial charge in [0.15, 0.2) is 17.6 Å². The van der Waals surface area contributed by atoms with Gasteiger partial charge in [-0.05, 0) is 41.7 Å². The molecule has 0 bridgehead atoms. The number of amides is 1. The van der Waals surface area contributed by atoms with Gasteiger partial charge in [0.2, 0.25) is 5.91 Å². The largest absolute Gasteiger partial charge is 0.496 e. The van der Waals surface area contributed by atoms with E-state index in [0.717, 1.165) is 24.0 Å². The van der Waals surface area contributed by atoms with E-state index >= 15 is 0 Å². The Morgan fingerprint density at radius 1 is 1.28 bits per heavy atom. The van der Waals surface area contributed by atoms with E-state index in [4.69, 9.17) is 9.15 Å². The van der Waals surface area contributed by atoms with Gasteiger partial charge in [0.1, 0.15) is 5.75 Å². The van der Waals surface area contributed by atoms with Gasteiger partial charge in [-0.2, -0.15) is 0 Å². The van der Waals surface area contributed by atoms with Gasteiger partial charge in [0.05, 0.1) is 30.4 Å². The van der Waals surface area contributed by atoms with E-state index < -0.39 is 0 Å². The highest BCUT2D eigenvalue weighted by Crippen LogP contribution is 2.36. The summed E-state index contributed by atoms with van der Waals surface area (Å²) in [5.74, 6) is 1.16. The summed E-state index contributed by atoms with van der Waals surface area (Å²) in [4.78, 5) is 32.3. The number of nitrogens with one attached hydrogen (secondary N) is 2. The number of rotatable bonds is 5. The number of H-pyrrole nitrogens is 1. The third-order valence-corrected chi connectivity index (χ3v) is 6.04. The molecule has 1 aliphatic carbocycles. The highest BCUT2D eigenvalue weighted by Gasteiger charge is 2.24. The number of pyridine rings is 1. The maximum atomic E-state index is 13.0. The van der Waals surface area contributed by atoms with Crippen molar-refractivity contribution in [3.63, 3.8) is 0 Å². The van der Waals surface area contributed by atoms with Crippen molar-refractivity contribution < 1.29 is 13.9 Å². The van der Waals surface area contributed by atoms with Crippen LogP contribution in [0.25, 0.3) is 33.5 Å². The Kier molecular flexibility index (Phi) is 5.01. The molecule has 0 saturated carbocycles. The smallest absolute Gasteiger partial charge is 0.220 e. The molecule has 5 rings (SSSR count). The molecule has 0 radical (unpaired) electrons. The Morgan fingerprint density at radius 3 is 2.91 bits per heavy atom. The number of methoxy groups -OCH3 is 1. The van der Waals surface area contributed by atoms with E-state index in [-0.39, 0.29) is 17.4 Å². The number of aromatic nitrogens is 2. The van der Waals surface area contributed by atoms with E-state index in [1.165, 1.54) is 12.0 Å². The third kappa shape index (κ3) is 3.45. The zero-order valence-corrected chi connectivity index (χ0v) is 17.9. The van der Waals surface area contributed by atoms with Crippen LogP contribution in [0.4, 0.5) is 0 Å². The Balaban J connectivity index is 1.59. The van der Waals surface area contributed by atoms with Gasteiger partial charge in [-0.25, -0.2) is 4.98 Å². The normalized spacial score (nSPS) is 15.0. The summed E-state index contributed by atoms with van der Waals surface area (Å²) in [5.41, 5.74) is 5.20. The zero-order valence-electron chi connectivity index (χ0n) is 17.9. The predicted octanol–water partition coefficient (Wildman–Crippen LogP) is 4.37. The van der Waals surface area contributed by atoms with Crippen LogP contribution in [0.3, 0.4) is 0 Å². The van der Waals surface area contributed by atoms with E-state index in [1.807, 2.05) is 13.0 Å². The first kappa shape index (κ1) is 20.1. The number of hydrogen-bond acceptors (Lipinski definition) is 5. The third-order valence-electron chi connectivity index (χ3n) is 6.04. The number of fused-ring (bicyclic) bond motifs is 2. The molecular formula is C25H23N3O4. The van der Waals surface area contributed by atoms with E-state index in [9.17, 15) is 9.59 Å². The molecule has 0 spiro atoms. The van der Waals surface area contributed by atoms with Crippen molar-refractivity contribution >= 4 is 16.8 Å². The molecule has 162 valence electrons. The maximum absolute atomic E-state index is 13.0. The van der Waals surface area contributed by atoms with Crippen LogP contribution >= 0.6 is 0 Å². The Labute approximate surface area is 184 Å². The summed E-state index contributed by atoms with van der Waals surface area (Å²) in [6.45, 7) is 1.85. The van der Waals surface area contributed by atoms with Crippen molar-refractivity contribution in [2.75, 3.05) is 7.11 Å². The molecule has 7 heteroatoms. The number of nitrogens with zero attached hydrogens (tertiary/aromatic N) is 1. The summed E-state index contributed by atoms with van der Waals surface area (Å²) < 4.78 is 10.9. The molecule has 0 saturated heterocycles. The molecule has 32 heavy (non-hydrogen) atoms. The Bertz CT molecular complexity index is 1370. The molecule has 1 atom stereocenters. The fourth-order valence-corrected chi connectivity index (χ4v) is 4.36. The summed E-state index contributed by atoms with van der Waals surface area (Å²) >= 11 is 0. The van der Waals surface area contributed by atoms with E-state index in [2.05, 4.69) is 27.4 Å². The van der Waals surface area contributed by atoms with Crippen LogP contribution in [0.1, 0.15) is 36.9 Å². The van der Waals surface area contributed by atoms with Crippen LogP contribution in [-0.4, -0.2) is 23.0 Å². The zero-order chi connectivity index (χ0) is 22.2. The van der Waals surface area contributed by atoms with Crippen molar-refractivity contribution in [1.29, 1.82) is 0 Å². The summed E-state index contributed by atoms with van der Waals surface area (Å²) in [7, 11) is 1.58. The predicted molar refractivity (Wildman–Crippen MR) is 122 cm³/mol. The number of ether oxygens (including phenoxy) is 1. The topological polar surface area (TPSA) is 97.2 Å². The Morgan fingerprint density at radius 2 is 2.16 bits per heavy atom. The van der Waals surface area contributed by atoms with Gasteiger partial charge in [0, 0.05) is 29.6 Å². The van der Waals surface area contributed by atoms with Crippen LogP contribution in [0.2, 0.25) is 0 Å². The molecule has 2 aromatic carbocycles. The second kappa shape index (κ2) is 8.00. The average Bonchev–Trinajstić information content (AvgIpc) is 3.48. The summed E-state index contributed by atoms with van der Waals surface area (Å²) in [5, 5.41) is 3.63. The fraction of sp³-hybridized carbons (Fsp3) is 0.240. The molecule has 2 heterocycles. The van der Waals surface area contributed by atoms with Gasteiger partial charge < -0.3 is 19.5 Å². The first-order valence-electron chi connectivity index (χ1n) is 10.6. The Hall–Kier alpha value is -3.87. The molecule has 0 aliphatic heterocycles. The van der Waals surface area contributed by atoms with Crippen LogP contribution in [0.15, 0.2) is 58.2 Å². The highest BCUT2D eigenvalue weighted by molar-refractivity contribution is 5.88. The fourth-order valence-electron chi connectivity index (χ4n) is 4.36. The molecule has 1 aliphatic rings. The van der Waals surface area contributed by atoms with Crippen molar-refractivity contribution in [1.82, 2.24) is 15.3 Å². The van der Waals surface area contributed by atoms with Crippen LogP contribution in [0, 0.1) is 0 Å². The average molecular weight is 429 g/mol. The van der Waals surface area contributed by atoms with E-state index in [1.54, 1.807) is 31.5 Å². The number of hydrogen-bond donors (Lipinski definition) is 2. The molecular weight excluding hydrogens is 406 g/mol. The van der Waals surface area contributed by atoms with Crippen LogP contribution in [-0.2, 0) is 11.2 Å². The molecule has 1 amide bonds. The first-order valence-corrected chi connectivity index (χ1v) is 10.6. The first-order chi connectivity index (χ1) is 15.6. The highest BCUT2D eigenvalue weighted by atomic mass is 16.5. The second-order valence-corrected chi connectivity index (χ2v) is 7.94. The minimum Gasteiger partial charge on any atom is -0.496 e. The number of carbonyl (C=O) groups is 1. The minimum atomic E-state index is -0.103. The SMILES string of the molecule is CCC(=O)NC1CCc2ccc(-c3cc(=O)c4cc(-c5cnco5)c(OC)cc4[nH]3)cc21. The number of aryl methyl sites for hydroxylation is 1. The van der Waals surface area contributed by atoms with Gasteiger partial charge in [-0.3, -0.25) is 9.59 Å². The standard InChI is InChI=1S/C25H23N3O4/c1-3-25(30)28-19-7-6-14-4-5-15(8-16(14)19)20-10-22(29)17-9-18(24-12-26-13-32-24)23(31-2)11-21(17)27-20/h4-5,8-13,19H,3,6-7H2,1-2H3,(H,27,29)(H,28,30). The lowest BCUT2D eigenvalue weighted by atomic mass is 10.0. The molecule has 1 unspecified atom stereocenters. The quantitative estimate of drug-likeness (QED) is 0.491. The van der Waals surface area contributed by atoms with E-state index in [0.29, 0.717) is 40.1 Å². The van der Waals surface area contributed by atoms with Crippen molar-refractivity contribution in [2.45, 2.75) is 32.2 Å². The minimum absolute atomic E-state index is 0.00846. The van der Waals surface area contributed by atoms with Gasteiger partial charge >= 0.3 is 0 Å². The molecule has 4 aromatic rings. The molecule has 7 nitrogen and oxygen atoms in total. The monoisotopic (exact) mass is 429 g/mol. The number of oxazole rings is 1. The summed E-state index contributed by atoms with van der Waals surface area (Å²) in [6.07, 6.45) is 5.21. The number of benzene rings is 2. The number of aromatic amines is 1. The lowest BCUT2D eigenvalue weighted by molar-refractivity contribution is -0.121. The van der Waals surface area contributed by atoms with Crippen LogP contribution in [0.5, 0.6) is 5.75 Å². The lowest BCUT2D eigenvalue weighted by Crippen LogP contribution is -2.26. The van der Waals surface area contributed by atoms with Gasteiger partial charge in [-0.15, -0.1) is 0 Å². The van der Waals surface area contributed by atoms with Crippen molar-refractivity contribution in [3.8, 4) is 28.3 Å². The van der Waals surface area contributed by atoms with Gasteiger partial charge in [-0.1, -0.05) is 19.1 Å². The molecule has 0 fully saturated rings. The molecule has 2 N–H and O–H groups in total. The second-order valence-electron chi connectivity index (χ2n) is 7.94. The van der Waals surface area contributed by atoms with Crippen molar-refractivity contribution in [2.24, 2.45) is 0 Å². The number of carbonyl (C=O) groups excluding carboxylic acids is 1. The van der Waals surface area contributed by atoms with Gasteiger partial charge in [0.25, 0.3) is 0 Å². The maximum Gasteiger partial charge on any atom is 0.220 e. The molecule has 2 aromatic heterocycles. The lowest BCUT2D eigenvalue weighted by Gasteiger charge is -2.15. The van der Waals surface area contributed by atoms with Crippen LogP contribution < -0.4 is 15.5 Å². The summed E-state index contributed by atoms with van der Waals surface area (Å²) in [6, 6.07) is 11.3. The van der Waals surface area contributed by atoms with Crippen molar-refractivity contribution in [3.05, 3.63) is 70.3 Å².